The van der Waals surface area contributed by atoms with E-state index in [4.69, 9.17) is 0 Å². The van der Waals surface area contributed by atoms with Crippen molar-refractivity contribution < 1.29 is 9.59 Å². The van der Waals surface area contributed by atoms with Crippen LogP contribution in [0.2, 0.25) is 0 Å². The number of nitrogens with zero attached hydrogens (tertiary/aromatic N) is 3. The fourth-order valence-corrected chi connectivity index (χ4v) is 3.52. The summed E-state index contributed by atoms with van der Waals surface area (Å²) in [5, 5.41) is 0. The molecule has 1 aromatic rings. The van der Waals surface area contributed by atoms with E-state index in [-0.39, 0.29) is 17.7 Å². The minimum Gasteiger partial charge on any atom is -0.339 e. The van der Waals surface area contributed by atoms with Crippen LogP contribution in [0.3, 0.4) is 0 Å². The second kappa shape index (κ2) is 10.6. The van der Waals surface area contributed by atoms with E-state index in [0.29, 0.717) is 38.5 Å². The highest BCUT2D eigenvalue weighted by Gasteiger charge is 2.23. The van der Waals surface area contributed by atoms with Crippen molar-refractivity contribution in [1.82, 2.24) is 14.7 Å². The van der Waals surface area contributed by atoms with Crippen LogP contribution >= 0.6 is 0 Å². The van der Waals surface area contributed by atoms with Gasteiger partial charge >= 0.3 is 0 Å². The maximum absolute atomic E-state index is 12.9. The number of hydrogen-bond donors (Lipinski definition) is 0. The second-order valence-electron chi connectivity index (χ2n) is 8.79. The molecule has 5 nitrogen and oxygen atoms in total. The summed E-state index contributed by atoms with van der Waals surface area (Å²) in [6.45, 7) is 11.8. The van der Waals surface area contributed by atoms with Gasteiger partial charge in [-0.15, -0.1) is 0 Å². The van der Waals surface area contributed by atoms with Crippen LogP contribution in [-0.2, 0) is 9.59 Å². The predicted molar refractivity (Wildman–Crippen MR) is 120 cm³/mol. The van der Waals surface area contributed by atoms with Gasteiger partial charge in [-0.25, -0.2) is 0 Å². The summed E-state index contributed by atoms with van der Waals surface area (Å²) in [5.74, 6) is 0.975. The fourth-order valence-electron chi connectivity index (χ4n) is 3.52. The smallest absolute Gasteiger partial charge is 0.246 e. The number of carbonyl (C=O) groups excluding carboxylic acids is 2. The molecule has 1 fully saturated rings. The lowest BCUT2D eigenvalue weighted by Crippen LogP contribution is -2.50. The third-order valence-corrected chi connectivity index (χ3v) is 5.53. The first-order valence-electron chi connectivity index (χ1n) is 10.7. The summed E-state index contributed by atoms with van der Waals surface area (Å²) in [6, 6.07) is 8.54. The number of hydrogen-bond acceptors (Lipinski definition) is 3. The largest absolute Gasteiger partial charge is 0.339 e. The Kier molecular flexibility index (Phi) is 8.45. The summed E-state index contributed by atoms with van der Waals surface area (Å²) >= 11 is 0. The van der Waals surface area contributed by atoms with Gasteiger partial charge in [-0.3, -0.25) is 9.59 Å². The standard InChI is InChI=1S/C24H37N3O2/c1-18(2)20-7-9-21(10-8-20)22(19(3)4)17-24(29)27-15-13-26(14-16-27)23(28)11-12-25(5)6/h7-10,17-19H,11-16H2,1-6H3/b22-17+. The van der Waals surface area contributed by atoms with Gasteiger partial charge in [0.25, 0.3) is 0 Å². The van der Waals surface area contributed by atoms with Crippen molar-refractivity contribution >= 4 is 17.4 Å². The van der Waals surface area contributed by atoms with Crippen LogP contribution in [0.25, 0.3) is 5.57 Å². The lowest BCUT2D eigenvalue weighted by molar-refractivity contribution is -0.137. The van der Waals surface area contributed by atoms with Crippen molar-refractivity contribution in [3.63, 3.8) is 0 Å². The van der Waals surface area contributed by atoms with Crippen molar-refractivity contribution in [3.8, 4) is 0 Å². The number of rotatable bonds is 7. The summed E-state index contributed by atoms with van der Waals surface area (Å²) in [6.07, 6.45) is 2.32. The SMILES string of the molecule is CC(C)/C(=C\C(=O)N1CCN(C(=O)CCN(C)C)CC1)c1ccc(C(C)C)cc1. The molecular weight excluding hydrogens is 362 g/mol. The van der Waals surface area contributed by atoms with Crippen molar-refractivity contribution in [1.29, 1.82) is 0 Å². The van der Waals surface area contributed by atoms with Gasteiger partial charge in [0, 0.05) is 45.2 Å². The molecular formula is C24H37N3O2. The molecule has 29 heavy (non-hydrogen) atoms. The number of benzene rings is 1. The summed E-state index contributed by atoms with van der Waals surface area (Å²) in [4.78, 5) is 30.9. The van der Waals surface area contributed by atoms with Crippen molar-refractivity contribution in [2.75, 3.05) is 46.8 Å². The van der Waals surface area contributed by atoms with E-state index in [0.717, 1.165) is 17.7 Å². The first-order chi connectivity index (χ1) is 13.7. The van der Waals surface area contributed by atoms with E-state index in [1.807, 2.05) is 28.8 Å². The maximum Gasteiger partial charge on any atom is 0.246 e. The number of carbonyl (C=O) groups is 2. The van der Waals surface area contributed by atoms with Gasteiger partial charge in [0.15, 0.2) is 0 Å². The summed E-state index contributed by atoms with van der Waals surface area (Å²) in [5.41, 5.74) is 3.48. The quantitative estimate of drug-likeness (QED) is 0.660. The van der Waals surface area contributed by atoms with Gasteiger partial charge < -0.3 is 14.7 Å². The van der Waals surface area contributed by atoms with Crippen LogP contribution < -0.4 is 0 Å². The molecule has 2 amide bonds. The zero-order valence-corrected chi connectivity index (χ0v) is 18.9. The lowest BCUT2D eigenvalue weighted by atomic mass is 9.92. The van der Waals surface area contributed by atoms with E-state index >= 15 is 0 Å². The van der Waals surface area contributed by atoms with Crippen LogP contribution in [0, 0.1) is 5.92 Å². The van der Waals surface area contributed by atoms with Crippen molar-refractivity contribution in [2.45, 2.75) is 40.0 Å². The predicted octanol–water partition coefficient (Wildman–Crippen LogP) is 3.47. The van der Waals surface area contributed by atoms with Gasteiger partial charge in [0.1, 0.15) is 0 Å². The summed E-state index contributed by atoms with van der Waals surface area (Å²) < 4.78 is 0. The molecule has 2 rings (SSSR count). The molecule has 1 aromatic carbocycles. The van der Waals surface area contributed by atoms with Gasteiger partial charge in [-0.2, -0.15) is 0 Å². The summed E-state index contributed by atoms with van der Waals surface area (Å²) in [7, 11) is 3.94. The third-order valence-electron chi connectivity index (χ3n) is 5.53. The molecule has 0 aliphatic carbocycles. The highest BCUT2D eigenvalue weighted by molar-refractivity contribution is 5.95. The zero-order valence-electron chi connectivity index (χ0n) is 18.9. The molecule has 0 radical (unpaired) electrons. The Bertz CT molecular complexity index is 712. The molecule has 0 spiro atoms. The Labute approximate surface area is 176 Å². The van der Waals surface area contributed by atoms with Crippen molar-refractivity contribution in [3.05, 3.63) is 41.5 Å². The Balaban J connectivity index is 2.01. The molecule has 160 valence electrons. The Morgan fingerprint density at radius 1 is 0.966 bits per heavy atom. The Morgan fingerprint density at radius 3 is 2.00 bits per heavy atom. The average Bonchev–Trinajstić information content (AvgIpc) is 2.70. The van der Waals surface area contributed by atoms with Crippen LogP contribution in [-0.4, -0.2) is 73.3 Å². The first-order valence-corrected chi connectivity index (χ1v) is 10.7. The molecule has 0 saturated carbocycles. The molecule has 0 atom stereocenters. The van der Waals surface area contributed by atoms with Gasteiger partial charge in [0.05, 0.1) is 0 Å². The molecule has 0 aromatic heterocycles. The Morgan fingerprint density at radius 2 is 1.52 bits per heavy atom. The minimum absolute atomic E-state index is 0.0435. The molecule has 1 aliphatic rings. The van der Waals surface area contributed by atoms with E-state index in [1.165, 1.54) is 5.56 Å². The second-order valence-corrected chi connectivity index (χ2v) is 8.79. The highest BCUT2D eigenvalue weighted by Crippen LogP contribution is 2.25. The monoisotopic (exact) mass is 399 g/mol. The molecule has 1 aliphatic heterocycles. The van der Waals surface area contributed by atoms with Crippen molar-refractivity contribution in [2.24, 2.45) is 5.92 Å². The fraction of sp³-hybridized carbons (Fsp3) is 0.583. The lowest BCUT2D eigenvalue weighted by Gasteiger charge is -2.34. The minimum atomic E-state index is 0.0435. The van der Waals surface area contributed by atoms with Crippen LogP contribution in [0.1, 0.15) is 51.2 Å². The normalized spacial score (nSPS) is 15.6. The first kappa shape index (κ1) is 23.1. The third kappa shape index (κ3) is 6.70. The van der Waals surface area contributed by atoms with E-state index in [9.17, 15) is 9.59 Å². The van der Waals surface area contributed by atoms with E-state index in [1.54, 1.807) is 6.08 Å². The van der Waals surface area contributed by atoms with E-state index < -0.39 is 0 Å². The van der Waals surface area contributed by atoms with Gasteiger partial charge in [-0.1, -0.05) is 52.0 Å². The van der Waals surface area contributed by atoms with Crippen LogP contribution in [0.5, 0.6) is 0 Å². The topological polar surface area (TPSA) is 43.9 Å². The average molecular weight is 400 g/mol. The molecule has 5 heteroatoms. The Hall–Kier alpha value is -2.14. The molecule has 0 unspecified atom stereocenters. The highest BCUT2D eigenvalue weighted by atomic mass is 16.2. The number of allylic oxidation sites excluding steroid dienone is 1. The van der Waals surface area contributed by atoms with E-state index in [2.05, 4.69) is 52.0 Å². The maximum atomic E-state index is 12.9. The van der Waals surface area contributed by atoms with Gasteiger partial charge in [0.2, 0.25) is 11.8 Å². The number of amides is 2. The zero-order chi connectivity index (χ0) is 21.6. The van der Waals surface area contributed by atoms with Crippen LogP contribution in [0.4, 0.5) is 0 Å². The van der Waals surface area contributed by atoms with Crippen LogP contribution in [0.15, 0.2) is 30.3 Å². The molecule has 1 heterocycles. The molecule has 0 bridgehead atoms. The van der Waals surface area contributed by atoms with Gasteiger partial charge in [-0.05, 0) is 42.6 Å². The molecule has 1 saturated heterocycles. The molecule has 0 N–H and O–H groups in total. The number of piperazine rings is 1.